The molecule has 0 spiro atoms. The maximum Gasteiger partial charge on any atom is 0.275 e. The number of phenolic OH excluding ortho intramolecular Hbond substituents is 1. The molecule has 0 bridgehead atoms. The first-order valence-electron chi connectivity index (χ1n) is 7.66. The van der Waals surface area contributed by atoms with Crippen molar-refractivity contribution in [3.8, 4) is 17.2 Å². The maximum absolute atomic E-state index is 11.9. The Morgan fingerprint density at radius 3 is 2.54 bits per heavy atom. The Hall–Kier alpha value is -3.02. The van der Waals surface area contributed by atoms with Gasteiger partial charge in [-0.1, -0.05) is 12.1 Å². The summed E-state index contributed by atoms with van der Waals surface area (Å²) < 4.78 is 11.0. The molecule has 0 fully saturated rings. The van der Waals surface area contributed by atoms with Crippen LogP contribution in [-0.2, 0) is 0 Å². The fraction of sp³-hybridized carbons (Fsp3) is 0.222. The van der Waals surface area contributed by atoms with Crippen LogP contribution in [0.2, 0.25) is 0 Å². The molecule has 0 radical (unpaired) electrons. The number of amides is 1. The van der Waals surface area contributed by atoms with Gasteiger partial charge in [0.1, 0.15) is 5.75 Å². The number of phenols is 1. The summed E-state index contributed by atoms with van der Waals surface area (Å²) in [7, 11) is 0. The molecule has 24 heavy (non-hydrogen) atoms. The highest BCUT2D eigenvalue weighted by Crippen LogP contribution is 2.28. The summed E-state index contributed by atoms with van der Waals surface area (Å²) in [6, 6.07) is 11.7. The van der Waals surface area contributed by atoms with Gasteiger partial charge >= 0.3 is 0 Å². The topological polar surface area (TPSA) is 80.2 Å². The van der Waals surface area contributed by atoms with Crippen LogP contribution in [0, 0.1) is 0 Å². The lowest BCUT2D eigenvalue weighted by molar-refractivity contribution is 0.0952. The summed E-state index contributed by atoms with van der Waals surface area (Å²) in [6.07, 6.45) is 1.50. The van der Waals surface area contributed by atoms with Crippen LogP contribution in [-0.4, -0.2) is 30.4 Å². The normalized spacial score (nSPS) is 10.6. The molecule has 2 aromatic carbocycles. The highest BCUT2D eigenvalue weighted by Gasteiger charge is 2.09. The molecular weight excluding hydrogens is 308 g/mol. The van der Waals surface area contributed by atoms with E-state index in [0.29, 0.717) is 24.7 Å². The Balaban J connectivity index is 2.07. The van der Waals surface area contributed by atoms with E-state index in [1.807, 2.05) is 19.9 Å². The number of carbonyl (C=O) groups excluding carboxylic acids is 1. The first-order chi connectivity index (χ1) is 11.7. The molecule has 2 rings (SSSR count). The molecular formula is C18H20N2O4. The smallest absolute Gasteiger partial charge is 0.275 e. The molecule has 0 aliphatic rings. The maximum atomic E-state index is 11.9. The van der Waals surface area contributed by atoms with E-state index in [2.05, 4.69) is 10.5 Å². The van der Waals surface area contributed by atoms with E-state index in [4.69, 9.17) is 9.47 Å². The third-order valence-corrected chi connectivity index (χ3v) is 3.10. The number of carbonyl (C=O) groups is 1. The van der Waals surface area contributed by atoms with Crippen molar-refractivity contribution in [2.24, 2.45) is 5.10 Å². The van der Waals surface area contributed by atoms with Crippen LogP contribution in [0.15, 0.2) is 47.6 Å². The molecule has 0 saturated heterocycles. The van der Waals surface area contributed by atoms with Crippen LogP contribution < -0.4 is 14.9 Å². The Morgan fingerprint density at radius 2 is 1.83 bits per heavy atom. The third kappa shape index (κ3) is 4.49. The first-order valence-corrected chi connectivity index (χ1v) is 7.66. The molecule has 1 amide bonds. The quantitative estimate of drug-likeness (QED) is 0.605. The number of hydrazone groups is 1. The van der Waals surface area contributed by atoms with Crippen LogP contribution in [0.5, 0.6) is 17.2 Å². The van der Waals surface area contributed by atoms with E-state index < -0.39 is 5.91 Å². The monoisotopic (exact) mass is 328 g/mol. The van der Waals surface area contributed by atoms with Crippen molar-refractivity contribution >= 4 is 12.1 Å². The van der Waals surface area contributed by atoms with E-state index in [1.54, 1.807) is 24.3 Å². The molecule has 0 unspecified atom stereocenters. The van der Waals surface area contributed by atoms with Crippen molar-refractivity contribution in [1.29, 1.82) is 0 Å². The van der Waals surface area contributed by atoms with Gasteiger partial charge in [0.25, 0.3) is 5.91 Å². The van der Waals surface area contributed by atoms with E-state index >= 15 is 0 Å². The molecule has 2 N–H and O–H groups in total. The summed E-state index contributed by atoms with van der Waals surface area (Å²) >= 11 is 0. The van der Waals surface area contributed by atoms with Gasteiger partial charge in [-0.2, -0.15) is 5.10 Å². The number of ether oxygens (including phenoxy) is 2. The summed E-state index contributed by atoms with van der Waals surface area (Å²) in [5.41, 5.74) is 3.29. The van der Waals surface area contributed by atoms with Crippen LogP contribution in [0.1, 0.15) is 29.8 Å². The van der Waals surface area contributed by atoms with Crippen LogP contribution in [0.25, 0.3) is 0 Å². The molecule has 0 heterocycles. The van der Waals surface area contributed by atoms with E-state index in [1.165, 1.54) is 18.3 Å². The zero-order valence-electron chi connectivity index (χ0n) is 13.7. The summed E-state index contributed by atoms with van der Waals surface area (Å²) in [5.74, 6) is 0.704. The third-order valence-electron chi connectivity index (χ3n) is 3.10. The van der Waals surface area contributed by atoms with Crippen molar-refractivity contribution in [2.75, 3.05) is 13.2 Å². The number of benzene rings is 2. The molecule has 126 valence electrons. The van der Waals surface area contributed by atoms with Gasteiger partial charge in [0, 0.05) is 0 Å². The zero-order valence-corrected chi connectivity index (χ0v) is 13.7. The Labute approximate surface area is 140 Å². The number of aromatic hydroxyl groups is 1. The predicted molar refractivity (Wildman–Crippen MR) is 91.9 cm³/mol. The zero-order chi connectivity index (χ0) is 17.4. The Kier molecular flexibility index (Phi) is 6.19. The molecule has 6 heteroatoms. The number of nitrogens with zero attached hydrogens (tertiary/aromatic N) is 1. The number of rotatable bonds is 7. The standard InChI is InChI=1S/C18H20N2O4/c1-3-23-16-10-9-13(11-17(16)24-4-2)12-19-20-18(22)14-7-5-6-8-15(14)21/h5-12,21H,3-4H2,1-2H3,(H,20,22)/b19-12-. The van der Waals surface area contributed by atoms with E-state index in [9.17, 15) is 9.90 Å². The highest BCUT2D eigenvalue weighted by atomic mass is 16.5. The van der Waals surface area contributed by atoms with Gasteiger partial charge in [-0.3, -0.25) is 4.79 Å². The molecule has 0 aliphatic carbocycles. The van der Waals surface area contributed by atoms with Crippen LogP contribution in [0.3, 0.4) is 0 Å². The lowest BCUT2D eigenvalue weighted by Gasteiger charge is -2.11. The van der Waals surface area contributed by atoms with Crippen molar-refractivity contribution in [3.63, 3.8) is 0 Å². The number of hydrogen-bond donors (Lipinski definition) is 2. The second-order valence-electron chi connectivity index (χ2n) is 4.79. The molecule has 0 atom stereocenters. The highest BCUT2D eigenvalue weighted by molar-refractivity contribution is 5.97. The second kappa shape index (κ2) is 8.57. The first kappa shape index (κ1) is 17.3. The number of para-hydroxylation sites is 1. The van der Waals surface area contributed by atoms with Crippen LogP contribution in [0.4, 0.5) is 0 Å². The molecule has 0 saturated carbocycles. The van der Waals surface area contributed by atoms with E-state index in [0.717, 1.165) is 5.56 Å². The van der Waals surface area contributed by atoms with Gasteiger partial charge in [0.2, 0.25) is 0 Å². The molecule has 0 aromatic heterocycles. The number of nitrogens with one attached hydrogen (secondary N) is 1. The molecule has 0 aliphatic heterocycles. The van der Waals surface area contributed by atoms with Crippen molar-refractivity contribution < 1.29 is 19.4 Å². The largest absolute Gasteiger partial charge is 0.507 e. The van der Waals surface area contributed by atoms with Crippen molar-refractivity contribution in [2.45, 2.75) is 13.8 Å². The van der Waals surface area contributed by atoms with Gasteiger partial charge in [-0.25, -0.2) is 5.43 Å². The van der Waals surface area contributed by atoms with E-state index in [-0.39, 0.29) is 11.3 Å². The summed E-state index contributed by atoms with van der Waals surface area (Å²) in [4.78, 5) is 11.9. The SMILES string of the molecule is CCOc1ccc(/C=N\NC(=O)c2ccccc2O)cc1OCC. The summed E-state index contributed by atoms with van der Waals surface area (Å²) in [6.45, 7) is 4.86. The van der Waals surface area contributed by atoms with Gasteiger partial charge in [-0.05, 0) is 49.7 Å². The fourth-order valence-corrected chi connectivity index (χ4v) is 2.04. The van der Waals surface area contributed by atoms with Crippen molar-refractivity contribution in [3.05, 3.63) is 53.6 Å². The minimum Gasteiger partial charge on any atom is -0.507 e. The fourth-order valence-electron chi connectivity index (χ4n) is 2.04. The average molecular weight is 328 g/mol. The Bertz CT molecular complexity index is 729. The minimum atomic E-state index is -0.486. The lowest BCUT2D eigenvalue weighted by atomic mass is 10.2. The number of hydrogen-bond acceptors (Lipinski definition) is 5. The van der Waals surface area contributed by atoms with Gasteiger partial charge in [0.05, 0.1) is 25.0 Å². The molecule has 6 nitrogen and oxygen atoms in total. The Morgan fingerprint density at radius 1 is 1.12 bits per heavy atom. The average Bonchev–Trinajstić information content (AvgIpc) is 2.58. The van der Waals surface area contributed by atoms with Crippen molar-refractivity contribution in [1.82, 2.24) is 5.43 Å². The van der Waals surface area contributed by atoms with Gasteiger partial charge < -0.3 is 14.6 Å². The second-order valence-corrected chi connectivity index (χ2v) is 4.79. The molecule has 2 aromatic rings. The lowest BCUT2D eigenvalue weighted by Crippen LogP contribution is -2.17. The minimum absolute atomic E-state index is 0.0927. The van der Waals surface area contributed by atoms with Gasteiger partial charge in [0.15, 0.2) is 11.5 Å². The predicted octanol–water partition coefficient (Wildman–Crippen LogP) is 2.95. The summed E-state index contributed by atoms with van der Waals surface area (Å²) in [5, 5.41) is 13.5. The van der Waals surface area contributed by atoms with Crippen LogP contribution >= 0.6 is 0 Å². The van der Waals surface area contributed by atoms with Gasteiger partial charge in [-0.15, -0.1) is 0 Å².